The molecule has 0 aliphatic rings. The molecule has 0 saturated heterocycles. The Morgan fingerprint density at radius 1 is 0.429 bits per heavy atom. The van der Waals surface area contributed by atoms with Crippen LogP contribution in [0, 0.1) is 0 Å². The Morgan fingerprint density at radius 2 is 0.429 bits per heavy atom. The van der Waals surface area contributed by atoms with Gasteiger partial charge in [0.2, 0.25) is 0 Å². The zero-order chi connectivity index (χ0) is 0. The van der Waals surface area contributed by atoms with E-state index in [0.717, 1.165) is 0 Å². The zero-order valence-corrected chi connectivity index (χ0v) is 10.9. The predicted octanol–water partition coefficient (Wildman–Crippen LogP) is -13.6. The Bertz CT molecular complexity index is 9.65. The van der Waals surface area contributed by atoms with Crippen molar-refractivity contribution in [2.24, 2.45) is 0 Å². The quantitative estimate of drug-likeness (QED) is 0.377. The molecule has 0 bridgehead atoms. The monoisotopic (exact) mass is 238 g/mol. The minimum Gasteiger partial charge on any atom is -1.00 e. The molecule has 0 heterocycles. The summed E-state index contributed by atoms with van der Waals surface area (Å²) in [6.45, 7) is 0. The van der Waals surface area contributed by atoms with E-state index in [1.807, 2.05) is 0 Å². The van der Waals surface area contributed by atoms with E-state index in [4.69, 9.17) is 0 Å². The largest absolute Gasteiger partial charge is 2.00 e. The Labute approximate surface area is 128 Å². The summed E-state index contributed by atoms with van der Waals surface area (Å²) < 4.78 is 0. The van der Waals surface area contributed by atoms with Gasteiger partial charge in [0.05, 0.1) is 0 Å². The molecule has 0 aromatic heterocycles. The van der Waals surface area contributed by atoms with Gasteiger partial charge >= 0.3 is 75.5 Å². The molecule has 2 N–H and O–H groups in total. The standard InChI is InChI=1S/2Ca.4ClH.H2O/h;;4*1H;1H2/q2*+2;;;;;/p-4. The van der Waals surface area contributed by atoms with E-state index in [1.165, 1.54) is 0 Å². The van der Waals surface area contributed by atoms with Gasteiger partial charge in [-0.15, -0.1) is 0 Å². The molecule has 0 radical (unpaired) electrons. The molecular weight excluding hydrogens is 238 g/mol. The molecule has 0 amide bonds. The van der Waals surface area contributed by atoms with E-state index < -0.39 is 0 Å². The summed E-state index contributed by atoms with van der Waals surface area (Å²) in [4.78, 5) is 0. The average molecular weight is 240 g/mol. The van der Waals surface area contributed by atoms with Crippen LogP contribution in [0.4, 0.5) is 0 Å². The fraction of sp³-hybridized carbons (Fsp3) is 0. The molecule has 40 valence electrons. The van der Waals surface area contributed by atoms with Gasteiger partial charge in [-0.3, -0.25) is 0 Å². The summed E-state index contributed by atoms with van der Waals surface area (Å²) in [6.07, 6.45) is 0. The van der Waals surface area contributed by atoms with Gasteiger partial charge < -0.3 is 55.1 Å². The Kier molecular flexibility index (Phi) is 579. The molecule has 0 unspecified atom stereocenters. The smallest absolute Gasteiger partial charge is 1.00 e. The normalized spacial score (nSPS) is 0. The molecular formula is H2Ca2Cl4O. The summed E-state index contributed by atoms with van der Waals surface area (Å²) in [7, 11) is 0. The van der Waals surface area contributed by atoms with E-state index in [0.29, 0.717) is 0 Å². The minimum atomic E-state index is 0. The Morgan fingerprint density at radius 3 is 0.429 bits per heavy atom. The number of hydrogen-bond acceptors (Lipinski definition) is 0. The van der Waals surface area contributed by atoms with E-state index in [-0.39, 0.29) is 131 Å². The van der Waals surface area contributed by atoms with Crippen molar-refractivity contribution < 1.29 is 55.1 Å². The third kappa shape index (κ3) is 42.5. The molecule has 0 rings (SSSR count). The molecule has 0 aliphatic heterocycles. The second kappa shape index (κ2) is 54.3. The van der Waals surface area contributed by atoms with Crippen molar-refractivity contribution in [3.63, 3.8) is 0 Å². The van der Waals surface area contributed by atoms with Crippen molar-refractivity contribution in [1.82, 2.24) is 0 Å². The molecule has 0 atom stereocenters. The summed E-state index contributed by atoms with van der Waals surface area (Å²) in [5.74, 6) is 0. The second-order valence-corrected chi connectivity index (χ2v) is 0. The SMILES string of the molecule is O.[Ca+2].[Ca+2].[Cl-].[Cl-].[Cl-].[Cl-]. The van der Waals surface area contributed by atoms with Crippen LogP contribution in [0.5, 0.6) is 0 Å². The van der Waals surface area contributed by atoms with Crippen LogP contribution in [0.15, 0.2) is 0 Å². The summed E-state index contributed by atoms with van der Waals surface area (Å²) in [6, 6.07) is 0. The second-order valence-electron chi connectivity index (χ2n) is 0. The van der Waals surface area contributed by atoms with Crippen molar-refractivity contribution in [3.05, 3.63) is 0 Å². The van der Waals surface area contributed by atoms with Gasteiger partial charge in [-0.1, -0.05) is 0 Å². The van der Waals surface area contributed by atoms with Crippen molar-refractivity contribution in [1.29, 1.82) is 0 Å². The van der Waals surface area contributed by atoms with Gasteiger partial charge in [0.1, 0.15) is 0 Å². The molecule has 7 heteroatoms. The van der Waals surface area contributed by atoms with Crippen LogP contribution in [-0.4, -0.2) is 81.0 Å². The fourth-order valence-corrected chi connectivity index (χ4v) is 0. The van der Waals surface area contributed by atoms with Crippen LogP contribution >= 0.6 is 0 Å². The Hall–Kier alpha value is 3.64. The van der Waals surface area contributed by atoms with Crippen LogP contribution in [-0.2, 0) is 0 Å². The van der Waals surface area contributed by atoms with Crippen LogP contribution in [0.3, 0.4) is 0 Å². The van der Waals surface area contributed by atoms with E-state index in [1.54, 1.807) is 0 Å². The van der Waals surface area contributed by atoms with Crippen molar-refractivity contribution >= 4 is 75.5 Å². The zero-order valence-electron chi connectivity index (χ0n) is 3.43. The van der Waals surface area contributed by atoms with Crippen molar-refractivity contribution in [2.45, 2.75) is 0 Å². The fourth-order valence-electron chi connectivity index (χ4n) is 0. The number of hydrogen-bond donors (Lipinski definition) is 0. The first-order chi connectivity index (χ1) is 0. The summed E-state index contributed by atoms with van der Waals surface area (Å²) in [5.41, 5.74) is 0. The first kappa shape index (κ1) is 74.6. The number of rotatable bonds is 0. The van der Waals surface area contributed by atoms with Crippen LogP contribution in [0.25, 0.3) is 0 Å². The molecule has 0 aromatic carbocycles. The van der Waals surface area contributed by atoms with Crippen LogP contribution in [0.2, 0.25) is 0 Å². The van der Waals surface area contributed by atoms with Crippen molar-refractivity contribution in [3.8, 4) is 0 Å². The van der Waals surface area contributed by atoms with E-state index >= 15 is 0 Å². The maximum Gasteiger partial charge on any atom is 2.00 e. The van der Waals surface area contributed by atoms with Gasteiger partial charge in [-0.2, -0.15) is 0 Å². The van der Waals surface area contributed by atoms with Gasteiger partial charge in [-0.25, -0.2) is 0 Å². The molecule has 0 aromatic rings. The van der Waals surface area contributed by atoms with Gasteiger partial charge in [0, 0.05) is 0 Å². The molecule has 7 heavy (non-hydrogen) atoms. The Balaban J connectivity index is 0. The first-order valence-electron chi connectivity index (χ1n) is 0. The minimum absolute atomic E-state index is 0. The predicted molar refractivity (Wildman–Crippen MR) is 15.1 cm³/mol. The average Bonchev–Trinajstić information content (AvgIpc) is 0. The summed E-state index contributed by atoms with van der Waals surface area (Å²) in [5, 5.41) is 0. The molecule has 1 nitrogen and oxygen atoms in total. The van der Waals surface area contributed by atoms with E-state index in [2.05, 4.69) is 0 Å². The molecule has 0 aliphatic carbocycles. The molecule has 0 spiro atoms. The van der Waals surface area contributed by atoms with Gasteiger partial charge in [0.25, 0.3) is 0 Å². The van der Waals surface area contributed by atoms with Crippen molar-refractivity contribution in [2.75, 3.05) is 0 Å². The van der Waals surface area contributed by atoms with E-state index in [9.17, 15) is 0 Å². The van der Waals surface area contributed by atoms with Gasteiger partial charge in [-0.05, 0) is 0 Å². The topological polar surface area (TPSA) is 31.5 Å². The molecule has 0 fully saturated rings. The van der Waals surface area contributed by atoms with Gasteiger partial charge in [0.15, 0.2) is 0 Å². The maximum atomic E-state index is 0. The summed E-state index contributed by atoms with van der Waals surface area (Å²) >= 11 is 0. The number of halogens is 4. The van der Waals surface area contributed by atoms with Crippen LogP contribution in [0.1, 0.15) is 0 Å². The maximum absolute atomic E-state index is 0. The third-order valence-electron chi connectivity index (χ3n) is 0. The first-order valence-corrected chi connectivity index (χ1v) is 0. The third-order valence-corrected chi connectivity index (χ3v) is 0. The van der Waals surface area contributed by atoms with Crippen LogP contribution < -0.4 is 49.6 Å². The molecule has 0 saturated carbocycles.